The first-order chi connectivity index (χ1) is 11.4. The van der Waals surface area contributed by atoms with Crippen molar-refractivity contribution in [3.8, 4) is 5.88 Å². The summed E-state index contributed by atoms with van der Waals surface area (Å²) in [5.41, 5.74) is 0.805. The third-order valence-corrected chi connectivity index (χ3v) is 3.35. The Morgan fingerprint density at radius 1 is 1.12 bits per heavy atom. The number of benzene rings is 1. The number of aromatic nitrogens is 2. The molecule has 4 nitrogen and oxygen atoms in total. The number of nitrogens with one attached hydrogen (secondary N) is 1. The molecule has 0 spiro atoms. The Balaban J connectivity index is 2.19. The highest BCUT2D eigenvalue weighted by molar-refractivity contribution is 5.54. The van der Waals surface area contributed by atoms with Gasteiger partial charge in [-0.3, -0.25) is 0 Å². The lowest BCUT2D eigenvalue weighted by Gasteiger charge is -2.14. The Hall–Kier alpha value is -2.31. The van der Waals surface area contributed by atoms with Crippen molar-refractivity contribution in [3.63, 3.8) is 0 Å². The molecule has 1 heterocycles. The first kappa shape index (κ1) is 18.0. The Labute approximate surface area is 139 Å². The predicted octanol–water partition coefficient (Wildman–Crippen LogP) is 5.12. The molecule has 1 N–H and O–H groups in total. The number of hydrogen-bond donors (Lipinski definition) is 1. The quantitative estimate of drug-likeness (QED) is 0.712. The fourth-order valence-corrected chi connectivity index (χ4v) is 2.02. The molecule has 1 aromatic heterocycles. The lowest BCUT2D eigenvalue weighted by Crippen LogP contribution is -2.13. The van der Waals surface area contributed by atoms with Gasteiger partial charge in [0.2, 0.25) is 11.8 Å². The van der Waals surface area contributed by atoms with Crippen LogP contribution in [0.15, 0.2) is 30.5 Å². The molecule has 7 heteroatoms. The highest BCUT2D eigenvalue weighted by Crippen LogP contribution is 2.35. The third-order valence-electron chi connectivity index (χ3n) is 3.35. The molecular weight excluding hydrogens is 319 g/mol. The van der Waals surface area contributed by atoms with Gasteiger partial charge in [-0.1, -0.05) is 37.5 Å². The molecule has 0 atom stereocenters. The highest BCUT2D eigenvalue weighted by atomic mass is 19.4. The monoisotopic (exact) mass is 339 g/mol. The van der Waals surface area contributed by atoms with Crippen molar-refractivity contribution in [1.82, 2.24) is 9.97 Å². The van der Waals surface area contributed by atoms with E-state index < -0.39 is 17.6 Å². The van der Waals surface area contributed by atoms with Gasteiger partial charge in [-0.2, -0.15) is 18.2 Å². The van der Waals surface area contributed by atoms with Gasteiger partial charge >= 0.3 is 6.18 Å². The zero-order valence-electron chi connectivity index (χ0n) is 13.7. The fourth-order valence-electron chi connectivity index (χ4n) is 2.02. The lowest BCUT2D eigenvalue weighted by molar-refractivity contribution is -0.139. The maximum Gasteiger partial charge on any atom is 0.423 e. The second-order valence-corrected chi connectivity index (χ2v) is 5.46. The number of rotatable bonds is 7. The van der Waals surface area contributed by atoms with Gasteiger partial charge in [-0.05, 0) is 25.5 Å². The number of nitrogens with zero attached hydrogens (tertiary/aromatic N) is 2. The first-order valence-electron chi connectivity index (χ1n) is 7.81. The van der Waals surface area contributed by atoms with Crippen LogP contribution in [0.5, 0.6) is 5.88 Å². The maximum atomic E-state index is 13.0. The second kappa shape index (κ2) is 7.99. The molecule has 24 heavy (non-hydrogen) atoms. The van der Waals surface area contributed by atoms with Crippen LogP contribution in [0.4, 0.5) is 24.8 Å². The topological polar surface area (TPSA) is 47.0 Å². The van der Waals surface area contributed by atoms with Gasteiger partial charge in [0.05, 0.1) is 6.61 Å². The number of halogens is 3. The third kappa shape index (κ3) is 5.11. The van der Waals surface area contributed by atoms with Crippen molar-refractivity contribution in [3.05, 3.63) is 41.6 Å². The average molecular weight is 339 g/mol. The molecule has 0 aliphatic carbocycles. The zero-order chi connectivity index (χ0) is 17.6. The zero-order valence-corrected chi connectivity index (χ0v) is 13.7. The molecule has 0 radical (unpaired) electrons. The molecule has 0 aliphatic heterocycles. The van der Waals surface area contributed by atoms with E-state index in [2.05, 4.69) is 15.3 Å². The van der Waals surface area contributed by atoms with Crippen LogP contribution in [0.1, 0.15) is 37.3 Å². The number of hydrogen-bond acceptors (Lipinski definition) is 4. The molecule has 0 amide bonds. The smallest absolute Gasteiger partial charge is 0.423 e. The van der Waals surface area contributed by atoms with E-state index in [0.29, 0.717) is 12.1 Å². The normalized spacial score (nSPS) is 11.4. The van der Waals surface area contributed by atoms with Gasteiger partial charge in [-0.25, -0.2) is 4.98 Å². The van der Waals surface area contributed by atoms with Crippen LogP contribution in [-0.2, 0) is 6.18 Å². The maximum absolute atomic E-state index is 13.0. The standard InChI is InChI=1S/C17H20F3N3O/c1-3-4-5-10-24-15-14(17(18,19)20)11-21-16(23-15)22-13-8-6-12(2)7-9-13/h6-9,11H,3-5,10H2,1-2H3,(H,21,22,23). The van der Waals surface area contributed by atoms with Crippen LogP contribution >= 0.6 is 0 Å². The molecule has 2 aromatic rings. The molecule has 0 fully saturated rings. The number of alkyl halides is 3. The van der Waals surface area contributed by atoms with Crippen molar-refractivity contribution in [1.29, 1.82) is 0 Å². The van der Waals surface area contributed by atoms with E-state index in [9.17, 15) is 13.2 Å². The van der Waals surface area contributed by atoms with Gasteiger partial charge in [0.25, 0.3) is 0 Å². The Bertz CT molecular complexity index is 657. The second-order valence-electron chi connectivity index (χ2n) is 5.46. The Kier molecular flexibility index (Phi) is 6.00. The van der Waals surface area contributed by atoms with Crippen molar-refractivity contribution < 1.29 is 17.9 Å². The Morgan fingerprint density at radius 2 is 1.83 bits per heavy atom. The van der Waals surface area contributed by atoms with Gasteiger partial charge < -0.3 is 10.1 Å². The highest BCUT2D eigenvalue weighted by Gasteiger charge is 2.36. The van der Waals surface area contributed by atoms with Crippen molar-refractivity contribution >= 4 is 11.6 Å². The van der Waals surface area contributed by atoms with Crippen molar-refractivity contribution in [2.24, 2.45) is 0 Å². The summed E-state index contributed by atoms with van der Waals surface area (Å²) in [5.74, 6) is -0.374. The van der Waals surface area contributed by atoms with Crippen molar-refractivity contribution in [2.45, 2.75) is 39.3 Å². The molecule has 0 saturated heterocycles. The van der Waals surface area contributed by atoms with Crippen LogP contribution < -0.4 is 10.1 Å². The van der Waals surface area contributed by atoms with Gasteiger partial charge in [0.15, 0.2) is 0 Å². The lowest BCUT2D eigenvalue weighted by atomic mass is 10.2. The number of unbranched alkanes of at least 4 members (excludes halogenated alkanes) is 2. The van der Waals surface area contributed by atoms with E-state index >= 15 is 0 Å². The average Bonchev–Trinajstić information content (AvgIpc) is 2.53. The van der Waals surface area contributed by atoms with E-state index in [0.717, 1.165) is 24.6 Å². The predicted molar refractivity (Wildman–Crippen MR) is 86.5 cm³/mol. The van der Waals surface area contributed by atoms with Gasteiger partial charge in [-0.15, -0.1) is 0 Å². The van der Waals surface area contributed by atoms with E-state index in [-0.39, 0.29) is 12.6 Å². The number of ether oxygens (including phenoxy) is 1. The minimum Gasteiger partial charge on any atom is -0.477 e. The molecule has 0 saturated carbocycles. The summed E-state index contributed by atoms with van der Waals surface area (Å²) in [6.45, 7) is 4.15. The molecule has 2 rings (SSSR count). The molecular formula is C17H20F3N3O. The summed E-state index contributed by atoms with van der Waals surface area (Å²) >= 11 is 0. The molecule has 0 aliphatic rings. The fraction of sp³-hybridized carbons (Fsp3) is 0.412. The van der Waals surface area contributed by atoms with Gasteiger partial charge in [0.1, 0.15) is 5.56 Å². The summed E-state index contributed by atoms with van der Waals surface area (Å²) in [5, 5.41) is 2.88. The first-order valence-corrected chi connectivity index (χ1v) is 7.81. The molecule has 130 valence electrons. The summed E-state index contributed by atoms with van der Waals surface area (Å²) in [4.78, 5) is 7.64. The van der Waals surface area contributed by atoms with Crippen molar-refractivity contribution in [2.75, 3.05) is 11.9 Å². The molecule has 0 unspecified atom stereocenters. The van der Waals surface area contributed by atoms with Gasteiger partial charge in [0, 0.05) is 11.9 Å². The Morgan fingerprint density at radius 3 is 2.46 bits per heavy atom. The minimum atomic E-state index is -4.55. The van der Waals surface area contributed by atoms with E-state index in [1.54, 1.807) is 12.1 Å². The van der Waals surface area contributed by atoms with E-state index in [4.69, 9.17) is 4.74 Å². The van der Waals surface area contributed by atoms with Crippen LogP contribution in [0.2, 0.25) is 0 Å². The summed E-state index contributed by atoms with van der Waals surface area (Å²) in [6.07, 6.45) is -1.28. The number of aryl methyl sites for hydroxylation is 1. The largest absolute Gasteiger partial charge is 0.477 e. The number of anilines is 2. The minimum absolute atomic E-state index is 0.0670. The molecule has 1 aromatic carbocycles. The molecule has 0 bridgehead atoms. The van der Waals surface area contributed by atoms with E-state index in [1.165, 1.54) is 0 Å². The summed E-state index contributed by atoms with van der Waals surface area (Å²) in [7, 11) is 0. The summed E-state index contributed by atoms with van der Waals surface area (Å²) < 4.78 is 44.4. The SMILES string of the molecule is CCCCCOc1nc(Nc2ccc(C)cc2)ncc1C(F)(F)F. The summed E-state index contributed by atoms with van der Waals surface area (Å²) in [6, 6.07) is 7.37. The van der Waals surface area contributed by atoms with E-state index in [1.807, 2.05) is 26.0 Å². The van der Waals surface area contributed by atoms with Crippen LogP contribution in [0, 0.1) is 6.92 Å². The van der Waals surface area contributed by atoms with Crippen LogP contribution in [0.3, 0.4) is 0 Å². The van der Waals surface area contributed by atoms with Crippen LogP contribution in [-0.4, -0.2) is 16.6 Å². The van der Waals surface area contributed by atoms with Crippen LogP contribution in [0.25, 0.3) is 0 Å².